The van der Waals surface area contributed by atoms with Crippen molar-refractivity contribution in [2.45, 2.75) is 24.0 Å². The van der Waals surface area contributed by atoms with Gasteiger partial charge in [0.15, 0.2) is 0 Å². The average Bonchev–Trinajstić information content (AvgIpc) is 2.94. The summed E-state index contributed by atoms with van der Waals surface area (Å²) in [5, 5.41) is 0. The summed E-state index contributed by atoms with van der Waals surface area (Å²) in [5.74, 6) is -4.32. The summed E-state index contributed by atoms with van der Waals surface area (Å²) in [6.07, 6.45) is -0.590. The molecule has 0 unspecified atom stereocenters. The van der Waals surface area contributed by atoms with E-state index in [1.807, 2.05) is 0 Å². The minimum atomic E-state index is -2.22. The molecule has 0 aromatic heterocycles. The van der Waals surface area contributed by atoms with Crippen LogP contribution in [0.2, 0.25) is 0 Å². The van der Waals surface area contributed by atoms with Gasteiger partial charge in [0, 0.05) is 12.8 Å². The van der Waals surface area contributed by atoms with Gasteiger partial charge in [0.2, 0.25) is 0 Å². The van der Waals surface area contributed by atoms with E-state index >= 15 is 0 Å². The second kappa shape index (κ2) is 6.08. The zero-order valence-electron chi connectivity index (χ0n) is 12.1. The molecule has 1 fully saturated rings. The van der Waals surface area contributed by atoms with Crippen molar-refractivity contribution in [1.29, 1.82) is 0 Å². The zero-order valence-corrected chi connectivity index (χ0v) is 12.1. The third-order valence-corrected chi connectivity index (χ3v) is 3.24. The van der Waals surface area contributed by atoms with E-state index in [2.05, 4.69) is 18.9 Å². The maximum absolute atomic E-state index is 11.9. The lowest BCUT2D eigenvalue weighted by Gasteiger charge is -2.27. The molecule has 0 spiro atoms. The first-order chi connectivity index (χ1) is 9.84. The number of carbonyl (C=O) groups excluding carboxylic acids is 4. The van der Waals surface area contributed by atoms with Gasteiger partial charge in [-0.05, 0) is 0 Å². The van der Waals surface area contributed by atoms with Gasteiger partial charge in [0.05, 0.1) is 28.4 Å². The van der Waals surface area contributed by atoms with Crippen LogP contribution in [0.4, 0.5) is 0 Å². The SMILES string of the molecule is COC(=O)C1(C(=O)OC)CCC(C(=O)OC)(C(=O)OC)O1. The Labute approximate surface area is 120 Å². The highest BCUT2D eigenvalue weighted by Crippen LogP contribution is 2.41. The molecule has 0 amide bonds. The number of hydrogen-bond acceptors (Lipinski definition) is 9. The summed E-state index contributed by atoms with van der Waals surface area (Å²) in [7, 11) is 4.14. The zero-order chi connectivity index (χ0) is 16.3. The van der Waals surface area contributed by atoms with Crippen LogP contribution >= 0.6 is 0 Å². The lowest BCUT2D eigenvalue weighted by Crippen LogP contribution is -2.55. The summed E-state index contributed by atoms with van der Waals surface area (Å²) < 4.78 is 23.3. The first kappa shape index (κ1) is 16.9. The number of methoxy groups -OCH3 is 4. The summed E-state index contributed by atoms with van der Waals surface area (Å²) in [6, 6.07) is 0. The molecule has 0 saturated carbocycles. The monoisotopic (exact) mass is 304 g/mol. The van der Waals surface area contributed by atoms with Crippen LogP contribution in [-0.4, -0.2) is 63.5 Å². The van der Waals surface area contributed by atoms with Crippen molar-refractivity contribution in [3.05, 3.63) is 0 Å². The van der Waals surface area contributed by atoms with Crippen molar-refractivity contribution in [2.75, 3.05) is 28.4 Å². The summed E-state index contributed by atoms with van der Waals surface area (Å²) in [5.41, 5.74) is -4.43. The van der Waals surface area contributed by atoms with Gasteiger partial charge in [-0.2, -0.15) is 0 Å². The van der Waals surface area contributed by atoms with Crippen LogP contribution in [0.25, 0.3) is 0 Å². The molecule has 1 heterocycles. The molecule has 0 radical (unpaired) electrons. The fraction of sp³-hybridized carbons (Fsp3) is 0.667. The van der Waals surface area contributed by atoms with Gasteiger partial charge in [-0.15, -0.1) is 0 Å². The molecule has 0 aromatic rings. The second-order valence-corrected chi connectivity index (χ2v) is 4.22. The molecule has 9 nitrogen and oxygen atoms in total. The molecule has 0 bridgehead atoms. The van der Waals surface area contributed by atoms with E-state index < -0.39 is 35.1 Å². The second-order valence-electron chi connectivity index (χ2n) is 4.22. The van der Waals surface area contributed by atoms with Gasteiger partial charge in [-0.3, -0.25) is 0 Å². The number of hydrogen-bond donors (Lipinski definition) is 0. The Hall–Kier alpha value is -2.16. The van der Waals surface area contributed by atoms with Crippen LogP contribution in [0.15, 0.2) is 0 Å². The van der Waals surface area contributed by atoms with Crippen molar-refractivity contribution < 1.29 is 42.9 Å². The van der Waals surface area contributed by atoms with Gasteiger partial charge in [-0.25, -0.2) is 19.2 Å². The minimum absolute atomic E-state index is 0.295. The molecule has 9 heteroatoms. The number of esters is 4. The third kappa shape index (κ3) is 2.44. The minimum Gasteiger partial charge on any atom is -0.466 e. The molecule has 0 N–H and O–H groups in total. The lowest BCUT2D eigenvalue weighted by molar-refractivity contribution is -0.207. The van der Waals surface area contributed by atoms with Gasteiger partial charge >= 0.3 is 23.9 Å². The van der Waals surface area contributed by atoms with Crippen molar-refractivity contribution >= 4 is 23.9 Å². The Morgan fingerprint density at radius 2 is 0.905 bits per heavy atom. The fourth-order valence-corrected chi connectivity index (χ4v) is 2.15. The van der Waals surface area contributed by atoms with E-state index in [9.17, 15) is 19.2 Å². The van der Waals surface area contributed by atoms with E-state index in [4.69, 9.17) is 4.74 Å². The Bertz CT molecular complexity index is 393. The van der Waals surface area contributed by atoms with E-state index in [1.165, 1.54) is 0 Å². The maximum Gasteiger partial charge on any atom is 0.350 e. The van der Waals surface area contributed by atoms with E-state index in [0.717, 1.165) is 28.4 Å². The summed E-state index contributed by atoms with van der Waals surface area (Å²) >= 11 is 0. The molecule has 118 valence electrons. The molecule has 0 atom stereocenters. The molecule has 1 rings (SSSR count). The predicted octanol–water partition coefficient (Wildman–Crippen LogP) is -1.03. The smallest absolute Gasteiger partial charge is 0.350 e. The molecule has 0 aliphatic carbocycles. The Kier molecular flexibility index (Phi) is 4.89. The topological polar surface area (TPSA) is 114 Å². The van der Waals surface area contributed by atoms with Crippen LogP contribution in [0.1, 0.15) is 12.8 Å². The normalized spacial score (nSPS) is 18.5. The molecule has 1 saturated heterocycles. The van der Waals surface area contributed by atoms with E-state index in [1.54, 1.807) is 0 Å². The van der Waals surface area contributed by atoms with Gasteiger partial charge < -0.3 is 23.7 Å². The number of ether oxygens (including phenoxy) is 5. The highest BCUT2D eigenvalue weighted by atomic mass is 16.7. The Morgan fingerprint density at radius 1 is 0.667 bits per heavy atom. The van der Waals surface area contributed by atoms with E-state index in [-0.39, 0.29) is 12.8 Å². The van der Waals surface area contributed by atoms with Gasteiger partial charge in [0.25, 0.3) is 11.2 Å². The maximum atomic E-state index is 11.9. The van der Waals surface area contributed by atoms with Gasteiger partial charge in [-0.1, -0.05) is 0 Å². The van der Waals surface area contributed by atoms with Crippen molar-refractivity contribution in [2.24, 2.45) is 0 Å². The summed E-state index contributed by atoms with van der Waals surface area (Å²) in [6.45, 7) is 0. The average molecular weight is 304 g/mol. The largest absolute Gasteiger partial charge is 0.466 e. The first-order valence-corrected chi connectivity index (χ1v) is 5.88. The predicted molar refractivity (Wildman–Crippen MR) is 63.8 cm³/mol. The molecular weight excluding hydrogens is 288 g/mol. The first-order valence-electron chi connectivity index (χ1n) is 5.88. The lowest BCUT2D eigenvalue weighted by atomic mass is 9.95. The number of carbonyl (C=O) groups is 4. The highest BCUT2D eigenvalue weighted by Gasteiger charge is 2.67. The molecule has 21 heavy (non-hydrogen) atoms. The van der Waals surface area contributed by atoms with Crippen LogP contribution in [0, 0.1) is 0 Å². The van der Waals surface area contributed by atoms with Crippen LogP contribution in [-0.2, 0) is 42.9 Å². The van der Waals surface area contributed by atoms with Crippen molar-refractivity contribution in [3.8, 4) is 0 Å². The third-order valence-electron chi connectivity index (χ3n) is 3.24. The molecular formula is C12H16O9. The quantitative estimate of drug-likeness (QED) is 0.365. The fourth-order valence-electron chi connectivity index (χ4n) is 2.15. The summed E-state index contributed by atoms with van der Waals surface area (Å²) in [4.78, 5) is 47.6. The highest BCUT2D eigenvalue weighted by molar-refractivity contribution is 6.09. The Morgan fingerprint density at radius 3 is 1.10 bits per heavy atom. The molecule has 1 aliphatic heterocycles. The standard InChI is InChI=1S/C12H16O9/c1-17-7(13)11(8(14)18-2)5-6-12(21-11,9(15)19-3)10(16)20-4/h5-6H2,1-4H3. The Balaban J connectivity index is 3.32. The molecule has 1 aliphatic rings. The van der Waals surface area contributed by atoms with Crippen LogP contribution < -0.4 is 0 Å². The van der Waals surface area contributed by atoms with E-state index in [0.29, 0.717) is 0 Å². The number of rotatable bonds is 4. The van der Waals surface area contributed by atoms with Crippen molar-refractivity contribution in [3.63, 3.8) is 0 Å². The molecule has 0 aromatic carbocycles. The van der Waals surface area contributed by atoms with Gasteiger partial charge in [0.1, 0.15) is 0 Å². The van der Waals surface area contributed by atoms with Crippen molar-refractivity contribution in [1.82, 2.24) is 0 Å². The van der Waals surface area contributed by atoms with Crippen LogP contribution in [0.5, 0.6) is 0 Å². The van der Waals surface area contributed by atoms with Crippen LogP contribution in [0.3, 0.4) is 0 Å².